The molecule has 0 saturated heterocycles. The summed E-state index contributed by atoms with van der Waals surface area (Å²) in [5.74, 6) is 0.405. The molecule has 8 heteroatoms. The minimum absolute atomic E-state index is 0.0897. The minimum Gasteiger partial charge on any atom is -0.497 e. The largest absolute Gasteiger partial charge is 0.497 e. The van der Waals surface area contributed by atoms with E-state index < -0.39 is 11.7 Å². The third-order valence-electron chi connectivity index (χ3n) is 4.25. The van der Waals surface area contributed by atoms with Gasteiger partial charge in [-0.1, -0.05) is 24.3 Å². The van der Waals surface area contributed by atoms with Gasteiger partial charge in [-0.3, -0.25) is 9.59 Å². The van der Waals surface area contributed by atoms with Gasteiger partial charge in [0.15, 0.2) is 0 Å². The first-order valence-electron chi connectivity index (χ1n) is 10.4. The molecule has 0 spiro atoms. The molecule has 0 aromatic heterocycles. The Morgan fingerprint density at radius 3 is 2.28 bits per heavy atom. The van der Waals surface area contributed by atoms with E-state index in [4.69, 9.17) is 9.47 Å². The van der Waals surface area contributed by atoms with Gasteiger partial charge in [-0.15, -0.1) is 0 Å². The zero-order valence-electron chi connectivity index (χ0n) is 19.0. The predicted octanol–water partition coefficient (Wildman–Crippen LogP) is 3.41. The molecule has 0 aliphatic rings. The summed E-state index contributed by atoms with van der Waals surface area (Å²) in [7, 11) is 1.59. The van der Waals surface area contributed by atoms with E-state index in [2.05, 4.69) is 16.0 Å². The molecule has 0 unspecified atom stereocenters. The molecule has 3 amide bonds. The van der Waals surface area contributed by atoms with E-state index in [0.29, 0.717) is 18.0 Å². The van der Waals surface area contributed by atoms with E-state index in [1.807, 2.05) is 36.4 Å². The van der Waals surface area contributed by atoms with Crippen molar-refractivity contribution in [1.29, 1.82) is 0 Å². The van der Waals surface area contributed by atoms with E-state index in [-0.39, 0.29) is 31.2 Å². The fraction of sp³-hybridized carbons (Fsp3) is 0.375. The summed E-state index contributed by atoms with van der Waals surface area (Å²) in [4.78, 5) is 35.8. The molecule has 0 heterocycles. The molecule has 8 nitrogen and oxygen atoms in total. The Morgan fingerprint density at radius 2 is 1.62 bits per heavy atom. The van der Waals surface area contributed by atoms with Crippen molar-refractivity contribution in [2.75, 3.05) is 19.0 Å². The number of alkyl carbamates (subject to hydrolysis) is 1. The summed E-state index contributed by atoms with van der Waals surface area (Å²) in [6, 6.07) is 14.6. The topological polar surface area (TPSA) is 106 Å². The van der Waals surface area contributed by atoms with Crippen LogP contribution in [0.3, 0.4) is 0 Å². The maximum Gasteiger partial charge on any atom is 0.407 e. The average Bonchev–Trinajstić information content (AvgIpc) is 2.72. The first-order chi connectivity index (χ1) is 15.1. The molecule has 0 radical (unpaired) electrons. The lowest BCUT2D eigenvalue weighted by Crippen LogP contribution is -2.34. The molecule has 2 aromatic rings. The van der Waals surface area contributed by atoms with Crippen molar-refractivity contribution in [2.24, 2.45) is 0 Å². The third kappa shape index (κ3) is 9.51. The molecule has 0 aliphatic carbocycles. The number of methoxy groups -OCH3 is 1. The second kappa shape index (κ2) is 11.7. The number of anilines is 1. The van der Waals surface area contributed by atoms with Crippen LogP contribution in [0.2, 0.25) is 0 Å². The summed E-state index contributed by atoms with van der Waals surface area (Å²) in [6.45, 7) is 5.88. The van der Waals surface area contributed by atoms with Gasteiger partial charge in [-0.05, 0) is 56.2 Å². The van der Waals surface area contributed by atoms with Crippen molar-refractivity contribution in [1.82, 2.24) is 10.6 Å². The molecule has 0 atom stereocenters. The number of ether oxygens (including phenoxy) is 2. The Morgan fingerprint density at radius 1 is 0.906 bits per heavy atom. The molecular weight excluding hydrogens is 410 g/mol. The van der Waals surface area contributed by atoms with Gasteiger partial charge in [0.25, 0.3) is 0 Å². The van der Waals surface area contributed by atoms with Crippen molar-refractivity contribution >= 4 is 23.6 Å². The molecule has 0 fully saturated rings. The van der Waals surface area contributed by atoms with Gasteiger partial charge in [-0.25, -0.2) is 4.79 Å². The molecule has 0 bridgehead atoms. The van der Waals surface area contributed by atoms with E-state index >= 15 is 0 Å². The van der Waals surface area contributed by atoms with Crippen LogP contribution in [-0.2, 0) is 27.3 Å². The Hall–Kier alpha value is -3.55. The highest BCUT2D eigenvalue weighted by molar-refractivity contribution is 5.91. The second-order valence-corrected chi connectivity index (χ2v) is 8.23. The molecule has 3 N–H and O–H groups in total. The van der Waals surface area contributed by atoms with Crippen LogP contribution in [0.1, 0.15) is 38.3 Å². The predicted molar refractivity (Wildman–Crippen MR) is 122 cm³/mol. The first-order valence-corrected chi connectivity index (χ1v) is 10.4. The van der Waals surface area contributed by atoms with Crippen LogP contribution in [0, 0.1) is 0 Å². The van der Waals surface area contributed by atoms with E-state index in [1.54, 1.807) is 40.0 Å². The average molecular weight is 442 g/mol. The maximum atomic E-state index is 12.2. The van der Waals surface area contributed by atoms with Crippen molar-refractivity contribution in [3.63, 3.8) is 0 Å². The number of carbonyl (C=O) groups excluding carboxylic acids is 3. The number of carbonyl (C=O) groups is 3. The number of nitrogens with one attached hydrogen (secondary N) is 3. The van der Waals surface area contributed by atoms with Gasteiger partial charge >= 0.3 is 6.09 Å². The molecule has 0 aliphatic heterocycles. The SMILES string of the molecule is COc1cccc(CC(=O)NCc2ccc(NC(=O)CCNC(=O)OC(C)(C)C)cc2)c1. The number of amides is 3. The number of benzene rings is 2. The van der Waals surface area contributed by atoms with Crippen LogP contribution in [0.5, 0.6) is 5.75 Å². The van der Waals surface area contributed by atoms with Gasteiger partial charge in [0.2, 0.25) is 11.8 Å². The Balaban J connectivity index is 1.71. The van der Waals surface area contributed by atoms with Crippen LogP contribution in [0.25, 0.3) is 0 Å². The smallest absolute Gasteiger partial charge is 0.407 e. The van der Waals surface area contributed by atoms with Gasteiger partial charge in [0.05, 0.1) is 13.5 Å². The summed E-state index contributed by atoms with van der Waals surface area (Å²) in [6.07, 6.45) is -0.160. The fourth-order valence-electron chi connectivity index (χ4n) is 2.75. The van der Waals surface area contributed by atoms with Crippen molar-refractivity contribution in [3.05, 3.63) is 59.7 Å². The third-order valence-corrected chi connectivity index (χ3v) is 4.25. The monoisotopic (exact) mass is 441 g/mol. The molecule has 32 heavy (non-hydrogen) atoms. The van der Waals surface area contributed by atoms with E-state index in [9.17, 15) is 14.4 Å². The van der Waals surface area contributed by atoms with Crippen molar-refractivity contribution in [3.8, 4) is 5.75 Å². The second-order valence-electron chi connectivity index (χ2n) is 8.23. The standard InChI is InChI=1S/C24H31N3O5/c1-24(2,3)32-23(30)25-13-12-21(28)27-19-10-8-17(9-11-19)16-26-22(29)15-18-6-5-7-20(14-18)31-4/h5-11,14H,12-13,15-16H2,1-4H3,(H,25,30)(H,26,29)(H,27,28). The first kappa shape index (κ1) is 24.7. The van der Waals surface area contributed by atoms with Gasteiger partial charge in [0.1, 0.15) is 11.4 Å². The van der Waals surface area contributed by atoms with Crippen LogP contribution < -0.4 is 20.7 Å². The lowest BCUT2D eigenvalue weighted by atomic mass is 10.1. The Kier molecular flexibility index (Phi) is 9.07. The van der Waals surface area contributed by atoms with E-state index in [1.165, 1.54) is 0 Å². The van der Waals surface area contributed by atoms with Crippen LogP contribution in [0.4, 0.5) is 10.5 Å². The molecule has 172 valence electrons. The molecule has 2 rings (SSSR count). The highest BCUT2D eigenvalue weighted by Crippen LogP contribution is 2.13. The summed E-state index contributed by atoms with van der Waals surface area (Å²) in [5, 5.41) is 8.20. The highest BCUT2D eigenvalue weighted by atomic mass is 16.6. The van der Waals surface area contributed by atoms with E-state index in [0.717, 1.165) is 11.1 Å². The summed E-state index contributed by atoms with van der Waals surface area (Å²) < 4.78 is 10.3. The van der Waals surface area contributed by atoms with Crippen LogP contribution >= 0.6 is 0 Å². The van der Waals surface area contributed by atoms with Gasteiger partial charge < -0.3 is 25.4 Å². The summed E-state index contributed by atoms with van der Waals surface area (Å²) >= 11 is 0. The summed E-state index contributed by atoms with van der Waals surface area (Å²) in [5.41, 5.74) is 1.84. The number of hydrogen-bond donors (Lipinski definition) is 3. The lowest BCUT2D eigenvalue weighted by molar-refractivity contribution is -0.120. The normalized spacial score (nSPS) is 10.8. The quantitative estimate of drug-likeness (QED) is 0.553. The van der Waals surface area contributed by atoms with Crippen molar-refractivity contribution in [2.45, 2.75) is 45.8 Å². The zero-order chi connectivity index (χ0) is 23.6. The van der Waals surface area contributed by atoms with Crippen LogP contribution in [-0.4, -0.2) is 37.2 Å². The fourth-order valence-corrected chi connectivity index (χ4v) is 2.75. The number of hydrogen-bond acceptors (Lipinski definition) is 5. The highest BCUT2D eigenvalue weighted by Gasteiger charge is 2.15. The van der Waals surface area contributed by atoms with Gasteiger partial charge in [-0.2, -0.15) is 0 Å². The van der Waals surface area contributed by atoms with Crippen molar-refractivity contribution < 1.29 is 23.9 Å². The Bertz CT molecular complexity index is 920. The number of rotatable bonds is 9. The molecular formula is C24H31N3O5. The lowest BCUT2D eigenvalue weighted by Gasteiger charge is -2.19. The maximum absolute atomic E-state index is 12.2. The zero-order valence-corrected chi connectivity index (χ0v) is 19.0. The minimum atomic E-state index is -0.581. The molecule has 0 saturated carbocycles. The van der Waals surface area contributed by atoms with Crippen LogP contribution in [0.15, 0.2) is 48.5 Å². The van der Waals surface area contributed by atoms with Gasteiger partial charge in [0, 0.05) is 25.2 Å². The molecule has 2 aromatic carbocycles. The Labute approximate surface area is 188 Å².